The van der Waals surface area contributed by atoms with Gasteiger partial charge in [0, 0.05) is 157 Å². The molecule has 0 aromatic rings. The predicted octanol–water partition coefficient (Wildman–Crippen LogP) is 11.9. The van der Waals surface area contributed by atoms with Crippen LogP contribution in [0.15, 0.2) is 0 Å². The smallest absolute Gasteiger partial charge is 0.389 e. The fourth-order valence-electron chi connectivity index (χ4n) is 11.5. The van der Waals surface area contributed by atoms with Crippen LogP contribution in [-0.2, 0) is 9.47 Å². The molecule has 0 spiro atoms. The molecule has 28 nitrogen and oxygen atoms in total. The van der Waals surface area contributed by atoms with Crippen molar-refractivity contribution in [2.45, 2.75) is 362 Å². The Bertz CT molecular complexity index is 1650. The van der Waals surface area contributed by atoms with E-state index in [0.717, 1.165) is 205 Å². The van der Waals surface area contributed by atoms with Gasteiger partial charge < -0.3 is 142 Å². The fraction of sp³-hybridized carbons (Fsp3) is 1.00. The Kier molecular flexibility index (Phi) is 162. The normalized spacial score (nSPS) is 11.1. The zero-order valence-corrected chi connectivity index (χ0v) is 85.2. The Morgan fingerprint density at radius 3 is 0.654 bits per heavy atom. The maximum Gasteiger partial charge on any atom is 0.389 e. The van der Waals surface area contributed by atoms with Gasteiger partial charge >= 0.3 is 6.18 Å². The molecule has 0 bridgehead atoms. The van der Waals surface area contributed by atoms with Crippen molar-refractivity contribution in [3.05, 3.63) is 0 Å². The molecular formula is C96H219F3O28. The van der Waals surface area contributed by atoms with Gasteiger partial charge in [-0.1, -0.05) is 227 Å². The maximum absolute atomic E-state index is 12.0. The van der Waals surface area contributed by atoms with E-state index >= 15 is 0 Å². The van der Waals surface area contributed by atoms with Crippen LogP contribution in [0.1, 0.15) is 356 Å². The van der Waals surface area contributed by atoms with Gasteiger partial charge in [0.15, 0.2) is 0 Å². The Labute approximate surface area is 775 Å². The number of rotatable bonds is 62. The van der Waals surface area contributed by atoms with Crippen molar-refractivity contribution in [1.82, 2.24) is 0 Å². The molecule has 0 aliphatic heterocycles. The highest BCUT2D eigenvalue weighted by Crippen LogP contribution is 2.37. The second-order valence-electron chi connectivity index (χ2n) is 33.8. The largest absolute Gasteiger partial charge is 0.396 e. The van der Waals surface area contributed by atoms with Crippen LogP contribution in [0.4, 0.5) is 13.2 Å². The van der Waals surface area contributed by atoms with E-state index in [2.05, 4.69) is 67.1 Å². The standard InChI is InChI=1S/2C9H20O2.C8H15F3O2.2C8H18O2.3C7H16O2.C6H14O3.2C6H14O2.C5H12O.C4H10O.C3H8O2.C3H8O/c2*1-3-5-9(7-10,8-11)6-4-2;1-2-3-7(5-12,6-13)4-8(9,10)11;1-3-5-8(4-2,6-9)7-10;1-2-3-8(4-6-9)5-7-10;2*1-3-4-7(2,5-8)6-9;1-2-3-4-7(5-8)6-9;1-9-3-2-6(4-7)5-8;1-6(2-4-7)3-5-8;1-2-3-6(4-7)5-8;1-2-3-4-5-6;1-2-3-4-5;1-5-3-2-4;1-2-3-4/h2*10-11H,3-8H2,1-2H3;12-13H,2-6H2,1H3;9-10H,3-7H2,1-2H3;8-10H,2-7H2,1H3;2*8-9H,3-6H2,1-2H3;7-9H,2-6H2,1H3;6-8H,2-5H2,1H3;2*6-8H,2-5H2,1H3;6H,2-5H2,1H3;5H,2-4H2,1H3;4H,2-3H2,1H3;4H,2-3H2,1H3. The summed E-state index contributed by atoms with van der Waals surface area (Å²) in [6, 6.07) is 0. The third-order valence-corrected chi connectivity index (χ3v) is 20.7. The number of aliphatic hydroxyl groups is 26. The lowest BCUT2D eigenvalue weighted by Gasteiger charge is -2.30. The average molecular weight is 1880 g/mol. The van der Waals surface area contributed by atoms with Gasteiger partial charge in [0.25, 0.3) is 0 Å². The van der Waals surface area contributed by atoms with E-state index in [-0.39, 0.29) is 190 Å². The lowest BCUT2D eigenvalue weighted by atomic mass is 9.81. The average Bonchev–Trinajstić information content (AvgIpc) is 0.851. The van der Waals surface area contributed by atoms with E-state index in [0.29, 0.717) is 51.3 Å². The summed E-state index contributed by atoms with van der Waals surface area (Å²) in [4.78, 5) is 0. The van der Waals surface area contributed by atoms with Gasteiger partial charge in [-0.15, -0.1) is 0 Å². The summed E-state index contributed by atoms with van der Waals surface area (Å²) in [6.07, 6.45) is 27.3. The highest BCUT2D eigenvalue weighted by atomic mass is 19.4. The second-order valence-corrected chi connectivity index (χ2v) is 33.8. The molecule has 0 radical (unpaired) electrons. The van der Waals surface area contributed by atoms with Gasteiger partial charge in [-0.05, 0) is 134 Å². The van der Waals surface area contributed by atoms with E-state index < -0.39 is 31.2 Å². The van der Waals surface area contributed by atoms with Crippen LogP contribution in [0.2, 0.25) is 0 Å². The minimum absolute atomic E-state index is 0.00931. The van der Waals surface area contributed by atoms with Crippen LogP contribution >= 0.6 is 0 Å². The minimum atomic E-state index is -4.33. The molecule has 792 valence electrons. The lowest BCUT2D eigenvalue weighted by molar-refractivity contribution is -0.171. The molecule has 0 unspecified atom stereocenters. The summed E-state index contributed by atoms with van der Waals surface area (Å²) in [5.74, 6) is 1.21. The topological polar surface area (TPSA) is 544 Å². The van der Waals surface area contributed by atoms with Crippen molar-refractivity contribution in [3.63, 3.8) is 0 Å². The van der Waals surface area contributed by atoms with E-state index in [9.17, 15) is 13.2 Å². The van der Waals surface area contributed by atoms with Gasteiger partial charge in [-0.2, -0.15) is 13.2 Å². The fourth-order valence-corrected chi connectivity index (χ4v) is 11.5. The number of hydrogen-bond acceptors (Lipinski definition) is 28. The molecule has 0 fully saturated rings. The van der Waals surface area contributed by atoms with E-state index in [1.54, 1.807) is 21.1 Å². The maximum atomic E-state index is 12.0. The molecular weight excluding hydrogens is 1660 g/mol. The number of aliphatic hydroxyl groups excluding tert-OH is 26. The van der Waals surface area contributed by atoms with Gasteiger partial charge in [-0.25, -0.2) is 0 Å². The Hall–Kier alpha value is -1.33. The SMILES string of the molecule is CC(CCO)CCO.CCCC(C)(CO)CO.CCCC(C)(CO)CO.CCCC(CC)(CO)CO.CCCC(CCO)CCO.CCCC(CO)(CO)CC(F)(F)F.CCCC(CO)(CO)CCC.CCCC(CO)(CO)CCC.CCCC(CO)CO.CCCCC(CO)CO.CCCCCO.CCCCO.CCCO.COCCC(CO)CO.COCCO. The number of halogens is 3. The Morgan fingerprint density at radius 2 is 0.496 bits per heavy atom. The van der Waals surface area contributed by atoms with Crippen LogP contribution in [0.3, 0.4) is 0 Å². The first-order valence-electron chi connectivity index (χ1n) is 48.2. The first-order valence-corrected chi connectivity index (χ1v) is 48.2. The predicted molar refractivity (Wildman–Crippen MR) is 514 cm³/mol. The Morgan fingerprint density at radius 1 is 0.228 bits per heavy atom. The van der Waals surface area contributed by atoms with Gasteiger partial charge in [0.05, 0.1) is 98.9 Å². The van der Waals surface area contributed by atoms with Crippen molar-refractivity contribution in [2.24, 2.45) is 62.1 Å². The molecule has 31 heteroatoms. The van der Waals surface area contributed by atoms with Crippen molar-refractivity contribution < 1.29 is 155 Å². The molecule has 0 heterocycles. The van der Waals surface area contributed by atoms with E-state index in [1.165, 1.54) is 6.42 Å². The number of unbranched alkanes of at least 4 members (excludes halogenated alkanes) is 4. The minimum Gasteiger partial charge on any atom is -0.396 e. The molecule has 0 aromatic carbocycles. The molecule has 0 saturated heterocycles. The molecule has 127 heavy (non-hydrogen) atoms. The summed E-state index contributed by atoms with van der Waals surface area (Å²) < 4.78 is 45.3. The number of methoxy groups -OCH3 is 2. The third kappa shape index (κ3) is 127. The monoisotopic (exact) mass is 1880 g/mol. The van der Waals surface area contributed by atoms with Crippen LogP contribution in [-0.4, -0.2) is 338 Å². The van der Waals surface area contributed by atoms with Crippen LogP contribution in [0, 0.1) is 62.1 Å². The van der Waals surface area contributed by atoms with Crippen LogP contribution < -0.4 is 0 Å². The first-order chi connectivity index (χ1) is 60.3. The molecule has 0 atom stereocenters. The highest BCUT2D eigenvalue weighted by Gasteiger charge is 2.41. The summed E-state index contributed by atoms with van der Waals surface area (Å²) in [5.41, 5.74) is -2.53. The van der Waals surface area contributed by atoms with Gasteiger partial charge in [0.2, 0.25) is 0 Å². The van der Waals surface area contributed by atoms with E-state index in [1.807, 2.05) is 55.4 Å². The molecule has 0 aromatic heterocycles. The number of hydrogen-bond donors (Lipinski definition) is 26. The lowest BCUT2D eigenvalue weighted by Crippen LogP contribution is -2.35. The summed E-state index contributed by atoms with van der Waals surface area (Å²) in [5, 5.41) is 224. The van der Waals surface area contributed by atoms with Crippen molar-refractivity contribution in [1.29, 1.82) is 0 Å². The third-order valence-electron chi connectivity index (χ3n) is 20.7. The van der Waals surface area contributed by atoms with Gasteiger partial charge in [0.1, 0.15) is 0 Å². The molecule has 0 aliphatic rings. The highest BCUT2D eigenvalue weighted by molar-refractivity contribution is 4.81. The van der Waals surface area contributed by atoms with Crippen LogP contribution in [0.5, 0.6) is 0 Å². The summed E-state index contributed by atoms with van der Waals surface area (Å²) in [7, 11) is 3.15. The Balaban J connectivity index is -0.0000000820. The second kappa shape index (κ2) is 129. The summed E-state index contributed by atoms with van der Waals surface area (Å²) in [6.45, 7) is 39.8. The van der Waals surface area contributed by atoms with Crippen molar-refractivity contribution in [2.75, 3.05) is 199 Å². The molecule has 0 saturated carbocycles. The molecule has 0 rings (SSSR count). The van der Waals surface area contributed by atoms with Crippen molar-refractivity contribution >= 4 is 0 Å². The van der Waals surface area contributed by atoms with Crippen molar-refractivity contribution in [3.8, 4) is 0 Å². The quantitative estimate of drug-likeness (QED) is 0.0251. The summed E-state index contributed by atoms with van der Waals surface area (Å²) >= 11 is 0. The zero-order valence-electron chi connectivity index (χ0n) is 85.2. The number of ether oxygens (including phenoxy) is 2. The van der Waals surface area contributed by atoms with E-state index in [4.69, 9.17) is 138 Å². The molecule has 26 N–H and O–H groups in total. The first kappa shape index (κ1) is 159. The number of alkyl halides is 3. The van der Waals surface area contributed by atoms with Gasteiger partial charge in [-0.3, -0.25) is 0 Å². The molecule has 0 aliphatic carbocycles. The molecule has 0 amide bonds. The van der Waals surface area contributed by atoms with Crippen LogP contribution in [0.25, 0.3) is 0 Å². The zero-order chi connectivity index (χ0) is 102.